The van der Waals surface area contributed by atoms with E-state index in [0.29, 0.717) is 23.8 Å². The number of nitrogens with one attached hydrogen (secondary N) is 4. The molecule has 11 heteroatoms. The molecule has 2 aromatic carbocycles. The lowest BCUT2D eigenvalue weighted by Gasteiger charge is -2.32. The standard InChI is InChI=1S/C22H30ClN5O3S2/c1-21(2,3)19-25-13-22(32-19,16-5-4-6-17(23)11-16)14-26-20(29)28-18-9-7-15(8-10-18)12-27-33(24,30)31/h4-11,19,25,27H,12-14H2,1-3H3,(H2,24,30,31)(H2,26,28,29). The van der Waals surface area contributed by atoms with E-state index in [1.807, 2.05) is 24.3 Å². The van der Waals surface area contributed by atoms with Gasteiger partial charge in [0.15, 0.2) is 0 Å². The number of thioether (sulfide) groups is 1. The van der Waals surface area contributed by atoms with E-state index in [1.165, 1.54) is 0 Å². The van der Waals surface area contributed by atoms with E-state index in [-0.39, 0.29) is 28.1 Å². The van der Waals surface area contributed by atoms with Gasteiger partial charge in [0.05, 0.1) is 10.1 Å². The molecule has 0 radical (unpaired) electrons. The summed E-state index contributed by atoms with van der Waals surface area (Å²) in [6, 6.07) is 14.3. The summed E-state index contributed by atoms with van der Waals surface area (Å²) in [4.78, 5) is 12.6. The number of amides is 2. The van der Waals surface area contributed by atoms with E-state index in [2.05, 4.69) is 41.4 Å². The minimum absolute atomic E-state index is 0.0487. The number of halogens is 1. The van der Waals surface area contributed by atoms with Gasteiger partial charge < -0.3 is 16.0 Å². The van der Waals surface area contributed by atoms with Crippen molar-refractivity contribution in [2.75, 3.05) is 18.4 Å². The first-order chi connectivity index (χ1) is 15.4. The van der Waals surface area contributed by atoms with E-state index < -0.39 is 10.2 Å². The summed E-state index contributed by atoms with van der Waals surface area (Å²) in [6.45, 7) is 7.76. The average molecular weight is 512 g/mol. The van der Waals surface area contributed by atoms with Crippen molar-refractivity contribution in [3.05, 3.63) is 64.7 Å². The fraction of sp³-hybridized carbons (Fsp3) is 0.409. The highest BCUT2D eigenvalue weighted by Crippen LogP contribution is 2.47. The molecule has 33 heavy (non-hydrogen) atoms. The molecule has 2 amide bonds. The van der Waals surface area contributed by atoms with Gasteiger partial charge in [0, 0.05) is 30.3 Å². The van der Waals surface area contributed by atoms with Crippen LogP contribution in [0.15, 0.2) is 48.5 Å². The summed E-state index contributed by atoms with van der Waals surface area (Å²) in [6.07, 6.45) is 0. The Bertz CT molecular complexity index is 1090. The predicted octanol–water partition coefficient (Wildman–Crippen LogP) is 3.36. The van der Waals surface area contributed by atoms with Crippen molar-refractivity contribution in [3.8, 4) is 0 Å². The van der Waals surface area contributed by atoms with Crippen LogP contribution in [0.2, 0.25) is 5.02 Å². The van der Waals surface area contributed by atoms with Crippen molar-refractivity contribution < 1.29 is 13.2 Å². The summed E-state index contributed by atoms with van der Waals surface area (Å²) >= 11 is 8.07. The molecule has 1 heterocycles. The Morgan fingerprint density at radius 2 is 1.94 bits per heavy atom. The summed E-state index contributed by atoms with van der Waals surface area (Å²) in [5, 5.41) is 15.2. The third-order valence-electron chi connectivity index (χ3n) is 5.28. The second kappa shape index (κ2) is 10.2. The smallest absolute Gasteiger partial charge is 0.319 e. The number of anilines is 1. The molecule has 2 atom stereocenters. The molecule has 1 aliphatic rings. The molecule has 1 saturated heterocycles. The van der Waals surface area contributed by atoms with E-state index >= 15 is 0 Å². The third kappa shape index (κ3) is 7.33. The lowest BCUT2D eigenvalue weighted by molar-refractivity contribution is 0.251. The van der Waals surface area contributed by atoms with Crippen LogP contribution in [0, 0.1) is 5.41 Å². The van der Waals surface area contributed by atoms with E-state index in [1.54, 1.807) is 36.0 Å². The lowest BCUT2D eigenvalue weighted by Crippen LogP contribution is -2.42. The molecule has 8 nitrogen and oxygen atoms in total. The molecule has 0 saturated carbocycles. The Morgan fingerprint density at radius 3 is 2.52 bits per heavy atom. The van der Waals surface area contributed by atoms with Gasteiger partial charge in [0.25, 0.3) is 10.2 Å². The summed E-state index contributed by atoms with van der Waals surface area (Å²) < 4.78 is 23.9. The highest BCUT2D eigenvalue weighted by Gasteiger charge is 2.45. The van der Waals surface area contributed by atoms with E-state index in [4.69, 9.17) is 16.7 Å². The topological polar surface area (TPSA) is 125 Å². The number of rotatable bonds is 7. The largest absolute Gasteiger partial charge is 0.336 e. The van der Waals surface area contributed by atoms with E-state index in [9.17, 15) is 13.2 Å². The SMILES string of the molecule is CC(C)(C)C1NCC(CNC(=O)Nc2ccc(CNS(N)(=O)=O)cc2)(c2cccc(Cl)c2)S1. The summed E-state index contributed by atoms with van der Waals surface area (Å²) in [7, 11) is -3.76. The molecular weight excluding hydrogens is 482 g/mol. The van der Waals surface area contributed by atoms with E-state index in [0.717, 1.165) is 11.1 Å². The number of hydrogen-bond acceptors (Lipinski definition) is 5. The molecule has 0 bridgehead atoms. The first-order valence-corrected chi connectivity index (χ1v) is 13.3. The molecule has 2 unspecified atom stereocenters. The van der Waals surface area contributed by atoms with Crippen LogP contribution in [0.4, 0.5) is 10.5 Å². The second-order valence-corrected chi connectivity index (χ2v) is 12.4. The van der Waals surface area contributed by atoms with Gasteiger partial charge in [-0.15, -0.1) is 11.8 Å². The van der Waals surface area contributed by atoms with Gasteiger partial charge in [-0.05, 0) is 40.8 Å². The highest BCUT2D eigenvalue weighted by molar-refractivity contribution is 8.01. The van der Waals surface area contributed by atoms with Gasteiger partial charge in [-0.1, -0.05) is 56.6 Å². The van der Waals surface area contributed by atoms with Crippen molar-refractivity contribution in [2.24, 2.45) is 10.6 Å². The van der Waals surface area contributed by atoms with Crippen LogP contribution in [0.1, 0.15) is 31.9 Å². The third-order valence-corrected chi connectivity index (χ3v) is 8.14. The number of urea groups is 1. The lowest BCUT2D eigenvalue weighted by atomic mass is 9.95. The zero-order valence-electron chi connectivity index (χ0n) is 18.8. The van der Waals surface area contributed by atoms with Gasteiger partial charge in [-0.3, -0.25) is 0 Å². The van der Waals surface area contributed by atoms with Crippen LogP contribution < -0.4 is 25.8 Å². The minimum atomic E-state index is -3.76. The molecule has 0 spiro atoms. The molecule has 6 N–H and O–H groups in total. The molecule has 1 aliphatic heterocycles. The highest BCUT2D eigenvalue weighted by atomic mass is 35.5. The summed E-state index contributed by atoms with van der Waals surface area (Å²) in [5.74, 6) is 0. The van der Waals surface area contributed by atoms with Crippen LogP contribution in [0.25, 0.3) is 0 Å². The summed E-state index contributed by atoms with van der Waals surface area (Å²) in [5.41, 5.74) is 2.42. The second-order valence-electron chi connectivity index (χ2n) is 9.12. The van der Waals surface area contributed by atoms with Crippen molar-refractivity contribution in [1.82, 2.24) is 15.4 Å². The Hall–Kier alpha value is -1.82. The average Bonchev–Trinajstić information content (AvgIpc) is 3.18. The van der Waals surface area contributed by atoms with Crippen molar-refractivity contribution in [1.29, 1.82) is 0 Å². The Balaban J connectivity index is 1.65. The van der Waals surface area contributed by atoms with Crippen LogP contribution in [-0.4, -0.2) is 32.9 Å². The van der Waals surface area contributed by atoms with Crippen molar-refractivity contribution in [2.45, 2.75) is 37.4 Å². The van der Waals surface area contributed by atoms with Gasteiger partial charge in [0.2, 0.25) is 0 Å². The Kier molecular flexibility index (Phi) is 7.98. The maximum Gasteiger partial charge on any atom is 0.319 e. The zero-order chi connectivity index (χ0) is 24.3. The molecule has 180 valence electrons. The maximum absolute atomic E-state index is 12.6. The number of carbonyl (C=O) groups excluding carboxylic acids is 1. The first kappa shape index (κ1) is 25.8. The number of carbonyl (C=O) groups is 1. The maximum atomic E-state index is 12.6. The number of hydrogen-bond donors (Lipinski definition) is 5. The number of nitrogens with two attached hydrogens (primary N) is 1. The Labute approximate surface area is 204 Å². The van der Waals surface area contributed by atoms with Gasteiger partial charge in [-0.2, -0.15) is 13.1 Å². The molecule has 0 aromatic heterocycles. The first-order valence-electron chi connectivity index (χ1n) is 10.4. The van der Waals surface area contributed by atoms with Crippen LogP contribution >= 0.6 is 23.4 Å². The molecule has 3 rings (SSSR count). The van der Waals surface area contributed by atoms with Gasteiger partial charge in [-0.25, -0.2) is 9.93 Å². The monoisotopic (exact) mass is 511 g/mol. The molecule has 0 aliphatic carbocycles. The normalized spacial score (nSPS) is 21.1. The quantitative estimate of drug-likeness (QED) is 0.389. The van der Waals surface area contributed by atoms with Crippen LogP contribution in [0.3, 0.4) is 0 Å². The Morgan fingerprint density at radius 1 is 1.24 bits per heavy atom. The van der Waals surface area contributed by atoms with Crippen molar-refractivity contribution in [3.63, 3.8) is 0 Å². The minimum Gasteiger partial charge on any atom is -0.336 e. The fourth-order valence-corrected chi connectivity index (χ4v) is 5.60. The van der Waals surface area contributed by atoms with Gasteiger partial charge in [0.1, 0.15) is 0 Å². The zero-order valence-corrected chi connectivity index (χ0v) is 21.2. The van der Waals surface area contributed by atoms with Crippen LogP contribution in [-0.2, 0) is 21.5 Å². The molecule has 2 aromatic rings. The molecule has 1 fully saturated rings. The predicted molar refractivity (Wildman–Crippen MR) is 135 cm³/mol. The number of benzene rings is 2. The molecular formula is C22H30ClN5O3S2. The van der Waals surface area contributed by atoms with Gasteiger partial charge >= 0.3 is 6.03 Å². The van der Waals surface area contributed by atoms with Crippen LogP contribution in [0.5, 0.6) is 0 Å². The van der Waals surface area contributed by atoms with Crippen molar-refractivity contribution >= 4 is 45.3 Å². The fourth-order valence-electron chi connectivity index (χ4n) is 3.49.